The molecule has 1 nitrogen and oxygen atoms in total. The molecule has 1 fully saturated rings. The van der Waals surface area contributed by atoms with Crippen LogP contribution in [-0.4, -0.2) is 17.0 Å². The number of thiophene rings is 1. The molecule has 2 N–H and O–H groups in total. The van der Waals surface area contributed by atoms with Gasteiger partial charge in [-0.3, -0.25) is 0 Å². The summed E-state index contributed by atoms with van der Waals surface area (Å²) in [6, 6.07) is 4.66. The third-order valence-electron chi connectivity index (χ3n) is 2.46. The number of hydrogen-bond acceptors (Lipinski definition) is 3. The van der Waals surface area contributed by atoms with Crippen LogP contribution in [0.4, 0.5) is 0 Å². The molecule has 1 saturated heterocycles. The van der Waals surface area contributed by atoms with Crippen LogP contribution in [0.25, 0.3) is 0 Å². The fraction of sp³-hybridized carbons (Fsp3) is 0.600. The lowest BCUT2D eigenvalue weighted by Crippen LogP contribution is -2.32. The number of nitrogens with two attached hydrogens (primary N) is 1. The number of thioether (sulfide) groups is 1. The summed E-state index contributed by atoms with van der Waals surface area (Å²) in [4.78, 5) is 1.43. The molecule has 2 unspecified atom stereocenters. The van der Waals surface area contributed by atoms with Crippen LogP contribution < -0.4 is 5.73 Å². The Morgan fingerprint density at radius 2 is 2.54 bits per heavy atom. The lowest BCUT2D eigenvalue weighted by Gasteiger charge is -2.16. The van der Waals surface area contributed by atoms with Crippen molar-refractivity contribution >= 4 is 23.1 Å². The quantitative estimate of drug-likeness (QED) is 0.835. The van der Waals surface area contributed by atoms with E-state index in [1.54, 1.807) is 0 Å². The summed E-state index contributed by atoms with van der Waals surface area (Å²) in [5.41, 5.74) is 6.16. The Morgan fingerprint density at radius 1 is 1.62 bits per heavy atom. The van der Waals surface area contributed by atoms with Gasteiger partial charge in [-0.2, -0.15) is 11.8 Å². The molecule has 13 heavy (non-hydrogen) atoms. The van der Waals surface area contributed by atoms with Gasteiger partial charge in [-0.05, 0) is 36.5 Å². The molecule has 0 bridgehead atoms. The predicted octanol–water partition coefficient (Wildman–Crippen LogP) is 2.51. The first-order valence-corrected chi connectivity index (χ1v) is 6.68. The van der Waals surface area contributed by atoms with Crippen molar-refractivity contribution in [3.05, 3.63) is 22.4 Å². The average Bonchev–Trinajstić information content (AvgIpc) is 2.74. The molecule has 0 aliphatic carbocycles. The first-order chi connectivity index (χ1) is 6.36. The van der Waals surface area contributed by atoms with Gasteiger partial charge in [0.1, 0.15) is 0 Å². The zero-order valence-corrected chi connectivity index (χ0v) is 9.24. The van der Waals surface area contributed by atoms with E-state index in [2.05, 4.69) is 29.3 Å². The molecule has 2 rings (SSSR count). The monoisotopic (exact) mass is 213 g/mol. The first-order valence-electron chi connectivity index (χ1n) is 4.76. The maximum atomic E-state index is 6.16. The highest BCUT2D eigenvalue weighted by Gasteiger charge is 2.22. The summed E-state index contributed by atoms with van der Waals surface area (Å²) in [5, 5.41) is 2.84. The van der Waals surface area contributed by atoms with E-state index in [0.717, 1.165) is 6.42 Å². The maximum absolute atomic E-state index is 6.16. The van der Waals surface area contributed by atoms with Gasteiger partial charge in [-0.25, -0.2) is 0 Å². The molecule has 0 spiro atoms. The van der Waals surface area contributed by atoms with Crippen molar-refractivity contribution in [2.45, 2.75) is 30.6 Å². The van der Waals surface area contributed by atoms with Crippen molar-refractivity contribution in [2.24, 2.45) is 5.73 Å². The number of rotatable bonds is 3. The van der Waals surface area contributed by atoms with E-state index in [4.69, 9.17) is 5.73 Å². The van der Waals surface area contributed by atoms with Crippen LogP contribution in [0.5, 0.6) is 0 Å². The molecular weight excluding hydrogens is 198 g/mol. The van der Waals surface area contributed by atoms with Gasteiger partial charge in [0.25, 0.3) is 0 Å². The average molecular weight is 213 g/mol. The maximum Gasteiger partial charge on any atom is 0.0207 e. The van der Waals surface area contributed by atoms with E-state index in [-0.39, 0.29) is 0 Å². The first kappa shape index (κ1) is 9.56. The summed E-state index contributed by atoms with van der Waals surface area (Å²) < 4.78 is 0. The minimum Gasteiger partial charge on any atom is -0.326 e. The van der Waals surface area contributed by atoms with Crippen LogP contribution in [0.2, 0.25) is 0 Å². The van der Waals surface area contributed by atoms with E-state index >= 15 is 0 Å². The van der Waals surface area contributed by atoms with Gasteiger partial charge in [0, 0.05) is 16.2 Å². The number of hydrogen-bond donors (Lipinski definition) is 1. The van der Waals surface area contributed by atoms with Crippen LogP contribution >= 0.6 is 23.1 Å². The molecule has 1 aliphatic rings. The molecule has 72 valence electrons. The van der Waals surface area contributed by atoms with Crippen LogP contribution in [0.15, 0.2) is 17.5 Å². The second-order valence-electron chi connectivity index (χ2n) is 3.50. The van der Waals surface area contributed by atoms with Crippen molar-refractivity contribution in [3.8, 4) is 0 Å². The largest absolute Gasteiger partial charge is 0.326 e. The summed E-state index contributed by atoms with van der Waals surface area (Å²) in [5.74, 6) is 1.31. The van der Waals surface area contributed by atoms with Gasteiger partial charge < -0.3 is 5.73 Å². The topological polar surface area (TPSA) is 26.0 Å². The van der Waals surface area contributed by atoms with Gasteiger partial charge in [-0.15, -0.1) is 11.3 Å². The molecule has 0 radical (unpaired) electrons. The van der Waals surface area contributed by atoms with E-state index in [9.17, 15) is 0 Å². The second-order valence-corrected chi connectivity index (χ2v) is 5.88. The van der Waals surface area contributed by atoms with Crippen LogP contribution in [0, 0.1) is 0 Å². The Labute approximate surface area is 87.7 Å². The predicted molar refractivity (Wildman–Crippen MR) is 61.5 cm³/mol. The zero-order valence-electron chi connectivity index (χ0n) is 7.61. The summed E-state index contributed by atoms with van der Waals surface area (Å²) >= 11 is 3.87. The van der Waals surface area contributed by atoms with Crippen LogP contribution in [0.3, 0.4) is 0 Å². The molecule has 1 aromatic heterocycles. The Kier molecular flexibility index (Phi) is 3.30. The van der Waals surface area contributed by atoms with Crippen molar-refractivity contribution in [1.29, 1.82) is 0 Å². The fourth-order valence-electron chi connectivity index (χ4n) is 1.73. The van der Waals surface area contributed by atoms with Gasteiger partial charge in [0.15, 0.2) is 0 Å². The van der Waals surface area contributed by atoms with Crippen LogP contribution in [0.1, 0.15) is 17.7 Å². The molecule has 1 aliphatic heterocycles. The van der Waals surface area contributed by atoms with E-state index in [1.165, 1.54) is 23.5 Å². The highest BCUT2D eigenvalue weighted by Crippen LogP contribution is 2.29. The fourth-order valence-corrected chi connectivity index (χ4v) is 3.82. The Hall–Kier alpha value is 0.01000. The van der Waals surface area contributed by atoms with Gasteiger partial charge >= 0.3 is 0 Å². The van der Waals surface area contributed by atoms with Gasteiger partial charge in [-0.1, -0.05) is 6.07 Å². The molecular formula is C10H15NS2. The van der Waals surface area contributed by atoms with E-state index < -0.39 is 0 Å². The van der Waals surface area contributed by atoms with Crippen molar-refractivity contribution in [3.63, 3.8) is 0 Å². The molecule has 0 saturated carbocycles. The summed E-state index contributed by atoms with van der Waals surface area (Å²) in [7, 11) is 0. The van der Waals surface area contributed by atoms with Gasteiger partial charge in [0.05, 0.1) is 0 Å². The third-order valence-corrected chi connectivity index (χ3v) is 4.90. The molecule has 0 aromatic carbocycles. The van der Waals surface area contributed by atoms with Gasteiger partial charge in [0.2, 0.25) is 0 Å². The lowest BCUT2D eigenvalue weighted by atomic mass is 10.1. The van der Waals surface area contributed by atoms with Crippen molar-refractivity contribution in [2.75, 3.05) is 5.75 Å². The smallest absolute Gasteiger partial charge is 0.0207 e. The molecule has 1 aromatic rings. The highest BCUT2D eigenvalue weighted by atomic mass is 32.2. The standard InChI is InChI=1S/C10H15NS2/c11-9(10-4-2-6-13-10)7-8-3-1-5-12-8/h1,3,5,9-10H,2,4,6-7,11H2. The van der Waals surface area contributed by atoms with E-state index in [1.807, 2.05) is 11.3 Å². The second kappa shape index (κ2) is 4.49. The van der Waals surface area contributed by atoms with Crippen molar-refractivity contribution in [1.82, 2.24) is 0 Å². The Morgan fingerprint density at radius 3 is 3.15 bits per heavy atom. The zero-order chi connectivity index (χ0) is 9.10. The molecule has 2 atom stereocenters. The normalized spacial score (nSPS) is 24.8. The molecule has 0 amide bonds. The minimum atomic E-state index is 0.367. The third kappa shape index (κ3) is 2.48. The summed E-state index contributed by atoms with van der Waals surface area (Å²) in [6.07, 6.45) is 3.74. The Bertz CT molecular complexity index is 239. The molecule has 3 heteroatoms. The highest BCUT2D eigenvalue weighted by molar-refractivity contribution is 8.00. The van der Waals surface area contributed by atoms with E-state index in [0.29, 0.717) is 11.3 Å². The lowest BCUT2D eigenvalue weighted by molar-refractivity contribution is 0.613. The summed E-state index contributed by atoms with van der Waals surface area (Å²) in [6.45, 7) is 0. The minimum absolute atomic E-state index is 0.367. The van der Waals surface area contributed by atoms with Crippen LogP contribution in [-0.2, 0) is 6.42 Å². The SMILES string of the molecule is NC(Cc1cccs1)C1CCCS1. The Balaban J connectivity index is 1.87. The molecule has 2 heterocycles. The van der Waals surface area contributed by atoms with Crippen molar-refractivity contribution < 1.29 is 0 Å².